The van der Waals surface area contributed by atoms with E-state index in [9.17, 15) is 9.59 Å². The molecule has 2 amide bonds. The van der Waals surface area contributed by atoms with Crippen molar-refractivity contribution in [2.75, 3.05) is 0 Å². The maximum atomic E-state index is 11.4. The van der Waals surface area contributed by atoms with Gasteiger partial charge in [-0.2, -0.15) is 0 Å². The normalized spacial score (nSPS) is 12.5. The lowest BCUT2D eigenvalue weighted by Gasteiger charge is -2.21. The monoisotopic (exact) mass is 185 g/mol. The van der Waals surface area contributed by atoms with Crippen molar-refractivity contribution in [3.05, 3.63) is 0 Å². The molecule has 0 atom stereocenters. The van der Waals surface area contributed by atoms with E-state index in [1.165, 1.54) is 0 Å². The molecule has 0 heterocycles. The van der Waals surface area contributed by atoms with Crippen LogP contribution < -0.4 is 5.32 Å². The fourth-order valence-electron chi connectivity index (χ4n) is 0.478. The lowest BCUT2D eigenvalue weighted by molar-refractivity contribution is -0.139. The highest BCUT2D eigenvalue weighted by Crippen LogP contribution is 2.16. The molecule has 3 nitrogen and oxygen atoms in total. The summed E-state index contributed by atoms with van der Waals surface area (Å²) in [5.41, 5.74) is -1.03. The van der Waals surface area contributed by atoms with Gasteiger partial charge in [-0.05, 0) is 0 Å². The number of carbonyl (C=O) groups excluding carboxylic acids is 2. The zero-order valence-corrected chi connectivity index (χ0v) is 9.32. The van der Waals surface area contributed by atoms with Crippen LogP contribution in [0.3, 0.4) is 0 Å². The minimum Gasteiger partial charge on any atom is -0.296 e. The first-order chi connectivity index (χ1) is 5.55. The van der Waals surface area contributed by atoms with Gasteiger partial charge in [0, 0.05) is 10.8 Å². The Morgan fingerprint density at radius 3 is 1.15 bits per heavy atom. The smallest absolute Gasteiger partial charge is 0.231 e. The minimum atomic E-state index is -0.513. The van der Waals surface area contributed by atoms with E-state index in [0.29, 0.717) is 0 Å². The molecule has 0 spiro atoms. The van der Waals surface area contributed by atoms with Crippen LogP contribution in [0.15, 0.2) is 0 Å². The Bertz CT molecular complexity index is 194. The third-order valence-corrected chi connectivity index (χ3v) is 1.59. The highest BCUT2D eigenvalue weighted by Gasteiger charge is 2.28. The van der Waals surface area contributed by atoms with Gasteiger partial charge in [-0.3, -0.25) is 14.9 Å². The van der Waals surface area contributed by atoms with E-state index in [1.807, 2.05) is 0 Å². The summed E-state index contributed by atoms with van der Waals surface area (Å²) < 4.78 is 0. The van der Waals surface area contributed by atoms with Crippen LogP contribution in [0.1, 0.15) is 41.5 Å². The molecule has 0 aromatic heterocycles. The molecule has 1 N–H and O–H groups in total. The summed E-state index contributed by atoms with van der Waals surface area (Å²) in [5, 5.41) is 2.38. The average Bonchev–Trinajstić information content (AvgIpc) is 1.82. The number of rotatable bonds is 0. The van der Waals surface area contributed by atoms with Gasteiger partial charge in [-0.25, -0.2) is 0 Å². The maximum Gasteiger partial charge on any atom is 0.231 e. The summed E-state index contributed by atoms with van der Waals surface area (Å²) in [7, 11) is 0. The lowest BCUT2D eigenvalue weighted by atomic mass is 9.92. The van der Waals surface area contributed by atoms with Crippen molar-refractivity contribution >= 4 is 11.8 Å². The molecule has 0 unspecified atom stereocenters. The van der Waals surface area contributed by atoms with Gasteiger partial charge in [0.1, 0.15) is 0 Å². The number of carbonyl (C=O) groups is 2. The standard InChI is InChI=1S/C10H19NO2/c1-9(2,3)7(12)11-8(13)10(4,5)6/h1-6H3,(H,11,12,13). The van der Waals surface area contributed by atoms with E-state index in [-0.39, 0.29) is 11.8 Å². The number of nitrogens with one attached hydrogen (secondary N) is 1. The first-order valence-corrected chi connectivity index (χ1v) is 4.41. The van der Waals surface area contributed by atoms with Crippen LogP contribution in [-0.2, 0) is 9.59 Å². The highest BCUT2D eigenvalue weighted by molar-refractivity contribution is 5.99. The fraction of sp³-hybridized carbons (Fsp3) is 0.800. The second-order valence-electron chi connectivity index (χ2n) is 5.28. The molecular weight excluding hydrogens is 166 g/mol. The van der Waals surface area contributed by atoms with E-state index < -0.39 is 10.8 Å². The molecule has 0 radical (unpaired) electrons. The van der Waals surface area contributed by atoms with Crippen LogP contribution in [0, 0.1) is 10.8 Å². The molecule has 0 fully saturated rings. The van der Waals surface area contributed by atoms with Crippen LogP contribution in [-0.4, -0.2) is 11.8 Å². The van der Waals surface area contributed by atoms with Gasteiger partial charge in [0.25, 0.3) is 0 Å². The molecule has 0 aromatic rings. The number of amides is 2. The van der Waals surface area contributed by atoms with Crippen molar-refractivity contribution in [3.63, 3.8) is 0 Å². The van der Waals surface area contributed by atoms with Gasteiger partial charge in [0.15, 0.2) is 0 Å². The molecule has 0 rings (SSSR count). The van der Waals surface area contributed by atoms with Crippen LogP contribution in [0.4, 0.5) is 0 Å². The zero-order chi connectivity index (χ0) is 10.9. The Morgan fingerprint density at radius 1 is 0.769 bits per heavy atom. The molecule has 0 bridgehead atoms. The van der Waals surface area contributed by atoms with Gasteiger partial charge >= 0.3 is 0 Å². The van der Waals surface area contributed by atoms with Gasteiger partial charge in [0.2, 0.25) is 11.8 Å². The van der Waals surface area contributed by atoms with E-state index in [0.717, 1.165) is 0 Å². The summed E-state index contributed by atoms with van der Waals surface area (Å²) in [6.45, 7) is 10.7. The molecule has 3 heteroatoms. The molecular formula is C10H19NO2. The Labute approximate surface area is 79.9 Å². The summed E-state index contributed by atoms with van der Waals surface area (Å²) in [5.74, 6) is -0.458. The zero-order valence-electron chi connectivity index (χ0n) is 9.32. The molecule has 0 aliphatic heterocycles. The van der Waals surface area contributed by atoms with E-state index in [4.69, 9.17) is 0 Å². The molecule has 76 valence electrons. The van der Waals surface area contributed by atoms with E-state index >= 15 is 0 Å². The SMILES string of the molecule is CC(C)(C)C(=O)NC(=O)C(C)(C)C. The average molecular weight is 185 g/mol. The fourth-order valence-corrected chi connectivity index (χ4v) is 0.478. The number of hydrogen-bond acceptors (Lipinski definition) is 2. The first-order valence-electron chi connectivity index (χ1n) is 4.41. The van der Waals surface area contributed by atoms with Crippen molar-refractivity contribution in [2.45, 2.75) is 41.5 Å². The number of hydrogen-bond donors (Lipinski definition) is 1. The summed E-state index contributed by atoms with van der Waals surface area (Å²) in [4.78, 5) is 22.8. The van der Waals surface area contributed by atoms with Crippen molar-refractivity contribution in [2.24, 2.45) is 10.8 Å². The Balaban J connectivity index is 4.34. The second kappa shape index (κ2) is 3.48. The molecule has 0 aliphatic rings. The van der Waals surface area contributed by atoms with Crippen molar-refractivity contribution in [1.29, 1.82) is 0 Å². The van der Waals surface area contributed by atoms with Crippen LogP contribution in [0.5, 0.6) is 0 Å². The summed E-state index contributed by atoms with van der Waals surface area (Å²) in [6, 6.07) is 0. The van der Waals surface area contributed by atoms with Crippen LogP contribution in [0.25, 0.3) is 0 Å². The topological polar surface area (TPSA) is 46.2 Å². The lowest BCUT2D eigenvalue weighted by Crippen LogP contribution is -2.44. The van der Waals surface area contributed by atoms with Gasteiger partial charge in [-0.15, -0.1) is 0 Å². The minimum absolute atomic E-state index is 0.229. The highest BCUT2D eigenvalue weighted by atomic mass is 16.2. The summed E-state index contributed by atoms with van der Waals surface area (Å²) >= 11 is 0. The third-order valence-electron chi connectivity index (χ3n) is 1.59. The number of imide groups is 1. The molecule has 0 aliphatic carbocycles. The van der Waals surface area contributed by atoms with E-state index in [2.05, 4.69) is 5.32 Å². The van der Waals surface area contributed by atoms with Crippen molar-refractivity contribution in [3.8, 4) is 0 Å². The second-order valence-corrected chi connectivity index (χ2v) is 5.28. The van der Waals surface area contributed by atoms with Gasteiger partial charge in [-0.1, -0.05) is 41.5 Å². The Morgan fingerprint density at radius 2 is 1.00 bits per heavy atom. The van der Waals surface area contributed by atoms with Crippen molar-refractivity contribution < 1.29 is 9.59 Å². The molecule has 0 aromatic carbocycles. The molecule has 0 saturated carbocycles. The largest absolute Gasteiger partial charge is 0.296 e. The Hall–Kier alpha value is -0.860. The van der Waals surface area contributed by atoms with Gasteiger partial charge < -0.3 is 0 Å². The van der Waals surface area contributed by atoms with Gasteiger partial charge in [0.05, 0.1) is 0 Å². The molecule has 0 saturated heterocycles. The molecule has 13 heavy (non-hydrogen) atoms. The van der Waals surface area contributed by atoms with Crippen molar-refractivity contribution in [1.82, 2.24) is 5.32 Å². The van der Waals surface area contributed by atoms with Crippen LogP contribution >= 0.6 is 0 Å². The predicted octanol–water partition coefficient (Wildman–Crippen LogP) is 1.72. The van der Waals surface area contributed by atoms with E-state index in [1.54, 1.807) is 41.5 Å². The first kappa shape index (κ1) is 12.1. The maximum absolute atomic E-state index is 11.4. The third kappa shape index (κ3) is 4.06. The predicted molar refractivity (Wildman–Crippen MR) is 52.1 cm³/mol. The Kier molecular flexibility index (Phi) is 3.25. The summed E-state index contributed by atoms with van der Waals surface area (Å²) in [6.07, 6.45) is 0. The quantitative estimate of drug-likeness (QED) is 0.624. The van der Waals surface area contributed by atoms with Crippen LogP contribution in [0.2, 0.25) is 0 Å².